The molecule has 0 aliphatic carbocycles. The number of alkyl halides is 2. The summed E-state index contributed by atoms with van der Waals surface area (Å²) in [5.74, 6) is -1.75. The summed E-state index contributed by atoms with van der Waals surface area (Å²) >= 11 is 0. The molecule has 0 radical (unpaired) electrons. The molecule has 0 spiro atoms. The molecule has 1 aliphatic rings. The molecule has 0 bridgehead atoms. The van der Waals surface area contributed by atoms with Gasteiger partial charge in [0, 0.05) is 6.54 Å². The molecule has 1 atom stereocenters. The number of nitrogens with one attached hydrogen (secondary N) is 1. The van der Waals surface area contributed by atoms with E-state index in [0.29, 0.717) is 13.0 Å². The lowest BCUT2D eigenvalue weighted by atomic mass is 10.2. The van der Waals surface area contributed by atoms with Gasteiger partial charge in [-0.1, -0.05) is 4.48 Å². The zero-order valence-electron chi connectivity index (χ0n) is 6.27. The third kappa shape index (κ3) is 1.88. The van der Waals surface area contributed by atoms with Gasteiger partial charge in [-0.2, -0.15) is 13.9 Å². The lowest BCUT2D eigenvalue weighted by Crippen LogP contribution is -2.38. The van der Waals surface area contributed by atoms with Crippen molar-refractivity contribution in [3.63, 3.8) is 0 Å². The van der Waals surface area contributed by atoms with Crippen molar-refractivity contribution in [1.82, 2.24) is 10.4 Å². The van der Waals surface area contributed by atoms with E-state index < -0.39 is 18.4 Å². The fraction of sp³-hybridized carbons (Fsp3) is 0.833. The van der Waals surface area contributed by atoms with Crippen LogP contribution < -0.4 is 5.32 Å². The Morgan fingerprint density at radius 1 is 1.58 bits per heavy atom. The molecule has 12 heavy (non-hydrogen) atoms. The standard InChI is InChI=1S/C6H9F3N2O/c7-5(8)6(12)11(9)4-1-2-10-3-4/h4-5,10H,1-3H2. The highest BCUT2D eigenvalue weighted by atomic mass is 19.3. The van der Waals surface area contributed by atoms with E-state index in [9.17, 15) is 18.1 Å². The number of halogens is 3. The highest BCUT2D eigenvalue weighted by molar-refractivity contribution is 5.78. The predicted octanol–water partition coefficient (Wildman–Crippen LogP) is 0.327. The van der Waals surface area contributed by atoms with Crippen molar-refractivity contribution in [2.45, 2.75) is 18.9 Å². The van der Waals surface area contributed by atoms with Crippen LogP contribution in [0.1, 0.15) is 6.42 Å². The number of hydrogen-bond acceptors (Lipinski definition) is 2. The Balaban J connectivity index is 2.45. The summed E-state index contributed by atoms with van der Waals surface area (Å²) in [6.45, 7) is 0.802. The first-order valence-corrected chi connectivity index (χ1v) is 3.60. The van der Waals surface area contributed by atoms with E-state index in [0.717, 1.165) is 0 Å². The second-order valence-electron chi connectivity index (χ2n) is 2.60. The topological polar surface area (TPSA) is 32.3 Å². The van der Waals surface area contributed by atoms with Crippen LogP contribution in [0.15, 0.2) is 0 Å². The molecule has 1 rings (SSSR count). The summed E-state index contributed by atoms with van der Waals surface area (Å²) in [6, 6.07) is -0.730. The molecule has 1 heterocycles. The molecule has 6 heteroatoms. The molecule has 1 N–H and O–H groups in total. The highest BCUT2D eigenvalue weighted by Gasteiger charge is 2.31. The maximum absolute atomic E-state index is 12.7. The average Bonchev–Trinajstić information content (AvgIpc) is 2.53. The minimum Gasteiger partial charge on any atom is -0.314 e. The summed E-state index contributed by atoms with van der Waals surface area (Å²) in [5.41, 5.74) is 0. The molecule has 0 aromatic carbocycles. The van der Waals surface area contributed by atoms with Crippen LogP contribution in [0.4, 0.5) is 13.3 Å². The van der Waals surface area contributed by atoms with Crippen LogP contribution in [0.25, 0.3) is 0 Å². The number of nitrogens with zero attached hydrogens (tertiary/aromatic N) is 1. The fourth-order valence-corrected chi connectivity index (χ4v) is 1.11. The van der Waals surface area contributed by atoms with Gasteiger partial charge in [-0.05, 0) is 13.0 Å². The van der Waals surface area contributed by atoms with Gasteiger partial charge in [0.25, 0.3) is 0 Å². The first-order chi connectivity index (χ1) is 5.63. The highest BCUT2D eigenvalue weighted by Crippen LogP contribution is 2.12. The van der Waals surface area contributed by atoms with E-state index >= 15 is 0 Å². The van der Waals surface area contributed by atoms with Crippen LogP contribution >= 0.6 is 0 Å². The van der Waals surface area contributed by atoms with Crippen LogP contribution in [0.5, 0.6) is 0 Å². The summed E-state index contributed by atoms with van der Waals surface area (Å²) < 4.78 is 36.1. The Kier molecular flexibility index (Phi) is 2.91. The summed E-state index contributed by atoms with van der Waals surface area (Å²) in [5, 5.41) is 2.40. The molecule has 0 aromatic rings. The van der Waals surface area contributed by atoms with Crippen molar-refractivity contribution in [2.75, 3.05) is 13.1 Å². The Morgan fingerprint density at radius 2 is 2.25 bits per heavy atom. The van der Waals surface area contributed by atoms with Gasteiger partial charge in [-0.25, -0.2) is 0 Å². The Bertz CT molecular complexity index is 170. The van der Waals surface area contributed by atoms with Gasteiger partial charge in [-0.15, -0.1) is 0 Å². The molecular formula is C6H9F3N2O. The zero-order valence-corrected chi connectivity index (χ0v) is 6.27. The number of amides is 1. The molecule has 0 aromatic heterocycles. The summed E-state index contributed by atoms with van der Waals surface area (Å²) in [6.07, 6.45) is -2.87. The number of hydrogen-bond donors (Lipinski definition) is 1. The van der Waals surface area contributed by atoms with Crippen LogP contribution in [0.2, 0.25) is 0 Å². The maximum Gasteiger partial charge on any atom is 0.318 e. The minimum atomic E-state index is -3.25. The SMILES string of the molecule is O=C(C(F)F)N(F)C1CCNC1. The van der Waals surface area contributed by atoms with Gasteiger partial charge < -0.3 is 5.32 Å². The normalized spacial score (nSPS) is 23.2. The molecule has 1 fully saturated rings. The Morgan fingerprint density at radius 3 is 2.67 bits per heavy atom. The predicted molar refractivity (Wildman–Crippen MR) is 35.2 cm³/mol. The van der Waals surface area contributed by atoms with Crippen LogP contribution in [0.3, 0.4) is 0 Å². The van der Waals surface area contributed by atoms with Gasteiger partial charge in [0.2, 0.25) is 0 Å². The van der Waals surface area contributed by atoms with E-state index in [1.54, 1.807) is 0 Å². The van der Waals surface area contributed by atoms with Crippen molar-refractivity contribution in [1.29, 1.82) is 0 Å². The molecule has 0 saturated carbocycles. The Hall–Kier alpha value is -0.780. The number of carbonyl (C=O) groups is 1. The van der Waals surface area contributed by atoms with E-state index in [2.05, 4.69) is 5.32 Å². The Labute approximate surface area is 67.5 Å². The second kappa shape index (κ2) is 3.75. The van der Waals surface area contributed by atoms with Crippen LogP contribution in [0, 0.1) is 0 Å². The maximum atomic E-state index is 12.7. The van der Waals surface area contributed by atoms with Gasteiger partial charge >= 0.3 is 12.3 Å². The minimum absolute atomic E-state index is 0.245. The van der Waals surface area contributed by atoms with Crippen molar-refractivity contribution >= 4 is 5.91 Å². The van der Waals surface area contributed by atoms with Crippen LogP contribution in [-0.2, 0) is 4.79 Å². The fourth-order valence-electron chi connectivity index (χ4n) is 1.11. The number of carbonyl (C=O) groups excluding carboxylic acids is 1. The molecule has 1 aliphatic heterocycles. The molecule has 1 saturated heterocycles. The largest absolute Gasteiger partial charge is 0.318 e. The molecule has 1 unspecified atom stereocenters. The zero-order chi connectivity index (χ0) is 9.14. The summed E-state index contributed by atoms with van der Waals surface area (Å²) in [7, 11) is 0. The first kappa shape index (κ1) is 9.31. The molecule has 3 nitrogen and oxygen atoms in total. The van der Waals surface area contributed by atoms with Crippen molar-refractivity contribution in [3.05, 3.63) is 0 Å². The van der Waals surface area contributed by atoms with E-state index in [4.69, 9.17) is 0 Å². The second-order valence-corrected chi connectivity index (χ2v) is 2.60. The first-order valence-electron chi connectivity index (χ1n) is 3.60. The van der Waals surface area contributed by atoms with Crippen molar-refractivity contribution in [3.8, 4) is 0 Å². The van der Waals surface area contributed by atoms with E-state index in [-0.39, 0.29) is 11.7 Å². The van der Waals surface area contributed by atoms with Crippen LogP contribution in [-0.4, -0.2) is 36.6 Å². The van der Waals surface area contributed by atoms with Crippen molar-refractivity contribution < 1.29 is 18.1 Å². The third-order valence-corrected chi connectivity index (χ3v) is 1.75. The smallest absolute Gasteiger partial charge is 0.314 e. The monoisotopic (exact) mass is 182 g/mol. The van der Waals surface area contributed by atoms with Gasteiger partial charge in [0.15, 0.2) is 0 Å². The molecule has 1 amide bonds. The van der Waals surface area contributed by atoms with E-state index in [1.807, 2.05) is 0 Å². The lowest BCUT2D eigenvalue weighted by molar-refractivity contribution is -0.163. The lowest BCUT2D eigenvalue weighted by Gasteiger charge is -2.17. The van der Waals surface area contributed by atoms with Gasteiger partial charge in [0.05, 0.1) is 6.04 Å². The van der Waals surface area contributed by atoms with E-state index in [1.165, 1.54) is 0 Å². The quantitative estimate of drug-likeness (QED) is 0.624. The molecular weight excluding hydrogens is 173 g/mol. The van der Waals surface area contributed by atoms with Crippen molar-refractivity contribution in [2.24, 2.45) is 0 Å². The molecule has 70 valence electrons. The summed E-state index contributed by atoms with van der Waals surface area (Å²) in [4.78, 5) is 10.4. The van der Waals surface area contributed by atoms with Gasteiger partial charge in [-0.3, -0.25) is 4.79 Å². The number of rotatable bonds is 2. The average molecular weight is 182 g/mol. The van der Waals surface area contributed by atoms with Gasteiger partial charge in [0.1, 0.15) is 0 Å². The third-order valence-electron chi connectivity index (χ3n) is 1.75.